The van der Waals surface area contributed by atoms with Gasteiger partial charge >= 0.3 is 0 Å². The van der Waals surface area contributed by atoms with Gasteiger partial charge in [-0.2, -0.15) is 0 Å². The number of likely N-dealkylation sites (tertiary alicyclic amines) is 1. The summed E-state index contributed by atoms with van der Waals surface area (Å²) in [5.74, 6) is 0. The van der Waals surface area contributed by atoms with Crippen LogP contribution in [0.1, 0.15) is 44.7 Å². The van der Waals surface area contributed by atoms with E-state index in [0.29, 0.717) is 12.1 Å². The third-order valence-corrected chi connectivity index (χ3v) is 4.36. The van der Waals surface area contributed by atoms with Gasteiger partial charge in [-0.05, 0) is 50.4 Å². The number of benzene rings is 1. The van der Waals surface area contributed by atoms with Gasteiger partial charge in [0.1, 0.15) is 0 Å². The third-order valence-electron chi connectivity index (χ3n) is 4.11. The van der Waals surface area contributed by atoms with Gasteiger partial charge in [-0.1, -0.05) is 30.7 Å². The van der Waals surface area contributed by atoms with E-state index in [4.69, 9.17) is 11.6 Å². The van der Waals surface area contributed by atoms with Crippen molar-refractivity contribution in [2.75, 3.05) is 19.6 Å². The Hall–Kier alpha value is -0.570. The molecule has 1 aromatic rings. The highest BCUT2D eigenvalue weighted by molar-refractivity contribution is 6.30. The third kappa shape index (κ3) is 4.20. The Bertz CT molecular complexity index is 369. The van der Waals surface area contributed by atoms with Crippen LogP contribution in [0.25, 0.3) is 0 Å². The van der Waals surface area contributed by atoms with Crippen LogP contribution in [0.2, 0.25) is 5.02 Å². The first kappa shape index (κ1) is 14.8. The lowest BCUT2D eigenvalue weighted by Crippen LogP contribution is -2.43. The van der Waals surface area contributed by atoms with Gasteiger partial charge in [0.2, 0.25) is 0 Å². The monoisotopic (exact) mass is 280 g/mol. The normalized spacial score (nSPS) is 19.5. The lowest BCUT2D eigenvalue weighted by molar-refractivity contribution is 0.153. The predicted molar refractivity (Wildman–Crippen MR) is 82.8 cm³/mol. The fraction of sp³-hybridized carbons (Fsp3) is 0.625. The summed E-state index contributed by atoms with van der Waals surface area (Å²) in [6, 6.07) is 9.48. The van der Waals surface area contributed by atoms with E-state index in [9.17, 15) is 0 Å². The van der Waals surface area contributed by atoms with E-state index in [-0.39, 0.29) is 0 Å². The largest absolute Gasteiger partial charge is 0.314 e. The number of hydrogen-bond donors (Lipinski definition) is 1. The van der Waals surface area contributed by atoms with Crippen LogP contribution in [0.4, 0.5) is 0 Å². The van der Waals surface area contributed by atoms with Crippen molar-refractivity contribution in [1.82, 2.24) is 10.2 Å². The van der Waals surface area contributed by atoms with Crippen LogP contribution >= 0.6 is 11.6 Å². The zero-order valence-corrected chi connectivity index (χ0v) is 12.8. The molecule has 1 N–H and O–H groups in total. The molecule has 1 fully saturated rings. The molecule has 1 saturated heterocycles. The Morgan fingerprint density at radius 3 is 2.47 bits per heavy atom. The van der Waals surface area contributed by atoms with Gasteiger partial charge in [0.25, 0.3) is 0 Å². The summed E-state index contributed by atoms with van der Waals surface area (Å²) in [7, 11) is 0. The zero-order valence-electron chi connectivity index (χ0n) is 12.0. The molecule has 1 aromatic carbocycles. The standard InChI is InChI=1S/C16H25ClN2/c1-3-10-18-16-8-11-19(12-9-16)13(2)14-4-6-15(17)7-5-14/h4-7,13,16,18H,3,8-12H2,1-2H3. The van der Waals surface area contributed by atoms with E-state index in [1.54, 1.807) is 0 Å². The van der Waals surface area contributed by atoms with Gasteiger partial charge in [0, 0.05) is 30.2 Å². The maximum Gasteiger partial charge on any atom is 0.0406 e. The van der Waals surface area contributed by atoms with Crippen LogP contribution in [0.3, 0.4) is 0 Å². The first-order valence-electron chi connectivity index (χ1n) is 7.43. The highest BCUT2D eigenvalue weighted by Gasteiger charge is 2.22. The van der Waals surface area contributed by atoms with Crippen LogP contribution in [0, 0.1) is 0 Å². The maximum atomic E-state index is 5.95. The molecular weight excluding hydrogens is 256 g/mol. The van der Waals surface area contributed by atoms with Crippen LogP contribution in [0.5, 0.6) is 0 Å². The lowest BCUT2D eigenvalue weighted by Gasteiger charge is -2.36. The minimum atomic E-state index is 0.490. The van der Waals surface area contributed by atoms with Crippen molar-refractivity contribution in [3.8, 4) is 0 Å². The Labute approximate surface area is 122 Å². The Kier molecular flexibility index (Phi) is 5.68. The van der Waals surface area contributed by atoms with E-state index in [0.717, 1.165) is 11.6 Å². The van der Waals surface area contributed by atoms with Crippen molar-refractivity contribution in [3.63, 3.8) is 0 Å². The first-order valence-corrected chi connectivity index (χ1v) is 7.81. The summed E-state index contributed by atoms with van der Waals surface area (Å²) in [6.07, 6.45) is 3.75. The maximum absolute atomic E-state index is 5.95. The Morgan fingerprint density at radius 1 is 1.26 bits per heavy atom. The molecule has 0 amide bonds. The molecule has 1 unspecified atom stereocenters. The molecule has 1 heterocycles. The minimum absolute atomic E-state index is 0.490. The number of rotatable bonds is 5. The van der Waals surface area contributed by atoms with Crippen LogP contribution in [-0.2, 0) is 0 Å². The number of piperidine rings is 1. The predicted octanol–water partition coefficient (Wildman–Crippen LogP) is 3.87. The number of nitrogens with zero attached hydrogens (tertiary/aromatic N) is 1. The highest BCUT2D eigenvalue weighted by Crippen LogP contribution is 2.25. The van der Waals surface area contributed by atoms with Crippen molar-refractivity contribution in [2.24, 2.45) is 0 Å². The molecule has 3 heteroatoms. The smallest absolute Gasteiger partial charge is 0.0406 e. The molecule has 1 aliphatic heterocycles. The highest BCUT2D eigenvalue weighted by atomic mass is 35.5. The quantitative estimate of drug-likeness (QED) is 0.881. The fourth-order valence-electron chi connectivity index (χ4n) is 2.79. The second kappa shape index (κ2) is 7.28. The number of hydrogen-bond acceptors (Lipinski definition) is 2. The van der Waals surface area contributed by atoms with Gasteiger partial charge in [0.05, 0.1) is 0 Å². The van der Waals surface area contributed by atoms with Gasteiger partial charge in [-0.3, -0.25) is 4.90 Å². The number of nitrogens with one attached hydrogen (secondary N) is 1. The topological polar surface area (TPSA) is 15.3 Å². The van der Waals surface area contributed by atoms with E-state index >= 15 is 0 Å². The average molecular weight is 281 g/mol. The molecule has 0 saturated carbocycles. The van der Waals surface area contributed by atoms with E-state index < -0.39 is 0 Å². The molecule has 19 heavy (non-hydrogen) atoms. The molecule has 0 radical (unpaired) electrons. The zero-order chi connectivity index (χ0) is 13.7. The second-order valence-corrected chi connectivity index (χ2v) is 5.93. The van der Waals surface area contributed by atoms with Crippen molar-refractivity contribution in [3.05, 3.63) is 34.9 Å². The molecule has 1 aliphatic rings. The molecule has 106 valence electrons. The van der Waals surface area contributed by atoms with E-state index in [2.05, 4.69) is 36.2 Å². The molecular formula is C16H25ClN2. The fourth-order valence-corrected chi connectivity index (χ4v) is 2.92. The molecule has 0 spiro atoms. The molecule has 0 aliphatic carbocycles. The van der Waals surface area contributed by atoms with Gasteiger partial charge < -0.3 is 5.32 Å². The minimum Gasteiger partial charge on any atom is -0.314 e. The lowest BCUT2D eigenvalue weighted by atomic mass is 10.00. The summed E-state index contributed by atoms with van der Waals surface area (Å²) >= 11 is 5.95. The number of halogens is 1. The van der Waals surface area contributed by atoms with Gasteiger partial charge in [0.15, 0.2) is 0 Å². The van der Waals surface area contributed by atoms with E-state index in [1.165, 1.54) is 37.9 Å². The van der Waals surface area contributed by atoms with Crippen LogP contribution in [-0.4, -0.2) is 30.6 Å². The van der Waals surface area contributed by atoms with Gasteiger partial charge in [-0.25, -0.2) is 0 Å². The van der Waals surface area contributed by atoms with Crippen LogP contribution in [0.15, 0.2) is 24.3 Å². The summed E-state index contributed by atoms with van der Waals surface area (Å²) < 4.78 is 0. The molecule has 2 nitrogen and oxygen atoms in total. The summed E-state index contributed by atoms with van der Waals surface area (Å²) in [5, 5.41) is 4.45. The molecule has 2 rings (SSSR count). The van der Waals surface area contributed by atoms with Crippen LogP contribution < -0.4 is 5.32 Å². The first-order chi connectivity index (χ1) is 9.20. The summed E-state index contributed by atoms with van der Waals surface area (Å²) in [5.41, 5.74) is 1.37. The molecule has 1 atom stereocenters. The van der Waals surface area contributed by atoms with Crippen molar-refractivity contribution < 1.29 is 0 Å². The Balaban J connectivity index is 1.85. The summed E-state index contributed by atoms with van der Waals surface area (Å²) in [6.45, 7) is 8.04. The summed E-state index contributed by atoms with van der Waals surface area (Å²) in [4.78, 5) is 2.58. The average Bonchev–Trinajstić information content (AvgIpc) is 2.46. The van der Waals surface area contributed by atoms with Crippen molar-refractivity contribution >= 4 is 11.6 Å². The SMILES string of the molecule is CCCNC1CCN(C(C)c2ccc(Cl)cc2)CC1. The van der Waals surface area contributed by atoms with Crippen molar-refractivity contribution in [2.45, 2.75) is 45.2 Å². The second-order valence-electron chi connectivity index (χ2n) is 5.49. The molecule has 0 aromatic heterocycles. The van der Waals surface area contributed by atoms with Crippen molar-refractivity contribution in [1.29, 1.82) is 0 Å². The Morgan fingerprint density at radius 2 is 1.89 bits per heavy atom. The molecule has 0 bridgehead atoms. The van der Waals surface area contributed by atoms with Gasteiger partial charge in [-0.15, -0.1) is 0 Å². The van der Waals surface area contributed by atoms with E-state index in [1.807, 2.05) is 12.1 Å².